The fourth-order valence-electron chi connectivity index (χ4n) is 3.01. The van der Waals surface area contributed by atoms with Gasteiger partial charge in [0.25, 0.3) is 0 Å². The van der Waals surface area contributed by atoms with E-state index in [1.165, 1.54) is 18.6 Å². The zero-order valence-corrected chi connectivity index (χ0v) is 12.4. The molecule has 1 aliphatic rings. The normalized spacial score (nSPS) is 25.2. The van der Waals surface area contributed by atoms with Gasteiger partial charge in [-0.25, -0.2) is 4.39 Å². The van der Waals surface area contributed by atoms with Crippen molar-refractivity contribution in [3.63, 3.8) is 0 Å². The SMILES string of the molecule is C[C@H]1C[C@H](C)CN([C@@H](C)C(=O)Nc2cccc(F)c2)C1. The van der Waals surface area contributed by atoms with E-state index in [2.05, 4.69) is 24.1 Å². The highest BCUT2D eigenvalue weighted by Crippen LogP contribution is 2.23. The molecule has 1 N–H and O–H groups in total. The molecule has 0 bridgehead atoms. The Morgan fingerprint density at radius 2 is 2.00 bits per heavy atom. The minimum Gasteiger partial charge on any atom is -0.325 e. The molecule has 1 heterocycles. The van der Waals surface area contributed by atoms with Crippen molar-refractivity contribution >= 4 is 11.6 Å². The number of rotatable bonds is 3. The summed E-state index contributed by atoms with van der Waals surface area (Å²) in [5.74, 6) is 0.818. The summed E-state index contributed by atoms with van der Waals surface area (Å²) in [6.45, 7) is 8.25. The summed E-state index contributed by atoms with van der Waals surface area (Å²) in [5, 5.41) is 2.79. The first kappa shape index (κ1) is 15.0. The van der Waals surface area contributed by atoms with Crippen molar-refractivity contribution in [1.29, 1.82) is 0 Å². The number of likely N-dealkylation sites (tertiary alicyclic amines) is 1. The third-order valence-electron chi connectivity index (χ3n) is 3.92. The van der Waals surface area contributed by atoms with Crippen molar-refractivity contribution in [1.82, 2.24) is 4.90 Å². The fourth-order valence-corrected chi connectivity index (χ4v) is 3.01. The van der Waals surface area contributed by atoms with Crippen LogP contribution in [-0.2, 0) is 4.79 Å². The number of carbonyl (C=O) groups excluding carboxylic acids is 1. The highest BCUT2D eigenvalue weighted by atomic mass is 19.1. The second kappa shape index (κ2) is 6.35. The van der Waals surface area contributed by atoms with E-state index in [1.54, 1.807) is 12.1 Å². The molecular formula is C16H23FN2O. The Labute approximate surface area is 120 Å². The average molecular weight is 278 g/mol. The van der Waals surface area contributed by atoms with Crippen LogP contribution in [0.3, 0.4) is 0 Å². The van der Waals surface area contributed by atoms with Gasteiger partial charge in [-0.3, -0.25) is 9.69 Å². The molecule has 0 aliphatic carbocycles. The molecule has 3 atom stereocenters. The molecule has 0 radical (unpaired) electrons. The van der Waals surface area contributed by atoms with Gasteiger partial charge in [0, 0.05) is 18.8 Å². The monoisotopic (exact) mass is 278 g/mol. The number of carbonyl (C=O) groups is 1. The molecule has 0 saturated carbocycles. The molecule has 1 amide bonds. The van der Waals surface area contributed by atoms with E-state index >= 15 is 0 Å². The summed E-state index contributed by atoms with van der Waals surface area (Å²) < 4.78 is 13.1. The highest BCUT2D eigenvalue weighted by Gasteiger charge is 2.28. The third-order valence-corrected chi connectivity index (χ3v) is 3.92. The smallest absolute Gasteiger partial charge is 0.241 e. The van der Waals surface area contributed by atoms with Crippen molar-refractivity contribution in [2.45, 2.75) is 33.2 Å². The van der Waals surface area contributed by atoms with Crippen LogP contribution in [0.5, 0.6) is 0 Å². The first-order valence-corrected chi connectivity index (χ1v) is 7.26. The van der Waals surface area contributed by atoms with Gasteiger partial charge in [0.05, 0.1) is 6.04 Å². The standard InChI is InChI=1S/C16H23FN2O/c1-11-7-12(2)10-19(9-11)13(3)16(20)18-15-6-4-5-14(17)8-15/h4-6,8,11-13H,7,9-10H2,1-3H3,(H,18,20)/t11-,12-,13-/m0/s1. The molecule has 1 saturated heterocycles. The van der Waals surface area contributed by atoms with Gasteiger partial charge in [-0.1, -0.05) is 19.9 Å². The Kier molecular flexibility index (Phi) is 4.76. The van der Waals surface area contributed by atoms with Crippen LogP contribution >= 0.6 is 0 Å². The molecule has 2 rings (SSSR count). The minimum absolute atomic E-state index is 0.0723. The van der Waals surface area contributed by atoms with E-state index in [4.69, 9.17) is 0 Å². The average Bonchev–Trinajstić information content (AvgIpc) is 2.36. The number of halogens is 1. The summed E-state index contributed by atoms with van der Waals surface area (Å²) in [6.07, 6.45) is 1.22. The van der Waals surface area contributed by atoms with Crippen LogP contribution in [-0.4, -0.2) is 29.9 Å². The van der Waals surface area contributed by atoms with Crippen molar-refractivity contribution in [3.05, 3.63) is 30.1 Å². The van der Waals surface area contributed by atoms with Crippen molar-refractivity contribution in [3.8, 4) is 0 Å². The summed E-state index contributed by atoms with van der Waals surface area (Å²) in [5.41, 5.74) is 0.514. The number of nitrogens with zero attached hydrogens (tertiary/aromatic N) is 1. The number of anilines is 1. The van der Waals surface area contributed by atoms with Crippen LogP contribution in [0.2, 0.25) is 0 Å². The van der Waals surface area contributed by atoms with Crippen LogP contribution < -0.4 is 5.32 Å². The lowest BCUT2D eigenvalue weighted by atomic mass is 9.91. The van der Waals surface area contributed by atoms with Gasteiger partial charge < -0.3 is 5.32 Å². The molecule has 1 fully saturated rings. The lowest BCUT2D eigenvalue weighted by molar-refractivity contribution is -0.121. The largest absolute Gasteiger partial charge is 0.325 e. The van der Waals surface area contributed by atoms with Crippen LogP contribution in [0.1, 0.15) is 27.2 Å². The van der Waals surface area contributed by atoms with Gasteiger partial charge in [-0.2, -0.15) is 0 Å². The van der Waals surface area contributed by atoms with Gasteiger partial charge in [-0.05, 0) is 43.4 Å². The van der Waals surface area contributed by atoms with Crippen LogP contribution in [0.4, 0.5) is 10.1 Å². The number of hydrogen-bond donors (Lipinski definition) is 1. The second-order valence-electron chi connectivity index (χ2n) is 6.08. The number of nitrogens with one attached hydrogen (secondary N) is 1. The fraction of sp³-hybridized carbons (Fsp3) is 0.562. The quantitative estimate of drug-likeness (QED) is 0.921. The Morgan fingerprint density at radius 1 is 1.35 bits per heavy atom. The molecule has 0 aromatic heterocycles. The molecule has 0 spiro atoms. The molecule has 1 aliphatic heterocycles. The summed E-state index contributed by atoms with van der Waals surface area (Å²) in [7, 11) is 0. The molecule has 1 aromatic rings. The lowest BCUT2D eigenvalue weighted by Gasteiger charge is -2.38. The Bertz CT molecular complexity index is 467. The lowest BCUT2D eigenvalue weighted by Crippen LogP contribution is -2.48. The predicted molar refractivity (Wildman–Crippen MR) is 79.0 cm³/mol. The van der Waals surface area contributed by atoms with E-state index in [1.807, 2.05) is 6.92 Å². The van der Waals surface area contributed by atoms with E-state index in [9.17, 15) is 9.18 Å². The maximum atomic E-state index is 13.1. The van der Waals surface area contributed by atoms with E-state index in [0.717, 1.165) is 13.1 Å². The van der Waals surface area contributed by atoms with Crippen molar-refractivity contribution < 1.29 is 9.18 Å². The number of piperidine rings is 1. The van der Waals surface area contributed by atoms with Gasteiger partial charge in [0.15, 0.2) is 0 Å². The zero-order valence-electron chi connectivity index (χ0n) is 12.4. The number of amides is 1. The van der Waals surface area contributed by atoms with Crippen molar-refractivity contribution in [2.24, 2.45) is 11.8 Å². The maximum Gasteiger partial charge on any atom is 0.241 e. The van der Waals surface area contributed by atoms with Crippen LogP contribution in [0, 0.1) is 17.7 Å². The van der Waals surface area contributed by atoms with Crippen molar-refractivity contribution in [2.75, 3.05) is 18.4 Å². The molecule has 110 valence electrons. The Morgan fingerprint density at radius 3 is 2.60 bits per heavy atom. The molecule has 4 heteroatoms. The second-order valence-corrected chi connectivity index (χ2v) is 6.08. The Hall–Kier alpha value is -1.42. The Balaban J connectivity index is 1.98. The summed E-state index contributed by atoms with van der Waals surface area (Å²) in [4.78, 5) is 14.5. The zero-order chi connectivity index (χ0) is 14.7. The van der Waals surface area contributed by atoms with E-state index in [-0.39, 0.29) is 17.8 Å². The van der Waals surface area contributed by atoms with E-state index < -0.39 is 0 Å². The van der Waals surface area contributed by atoms with Gasteiger partial charge in [-0.15, -0.1) is 0 Å². The van der Waals surface area contributed by atoms with Gasteiger partial charge >= 0.3 is 0 Å². The first-order chi connectivity index (χ1) is 9.45. The minimum atomic E-state index is -0.337. The molecule has 0 unspecified atom stereocenters. The van der Waals surface area contributed by atoms with E-state index in [0.29, 0.717) is 17.5 Å². The molecule has 20 heavy (non-hydrogen) atoms. The van der Waals surface area contributed by atoms with Crippen LogP contribution in [0.15, 0.2) is 24.3 Å². The summed E-state index contributed by atoms with van der Waals surface area (Å²) >= 11 is 0. The number of hydrogen-bond acceptors (Lipinski definition) is 2. The topological polar surface area (TPSA) is 32.3 Å². The van der Waals surface area contributed by atoms with Crippen LogP contribution in [0.25, 0.3) is 0 Å². The molecule has 1 aromatic carbocycles. The summed E-state index contributed by atoms with van der Waals surface area (Å²) in [6, 6.07) is 5.82. The molecule has 3 nitrogen and oxygen atoms in total. The van der Waals surface area contributed by atoms with Gasteiger partial charge in [0.2, 0.25) is 5.91 Å². The maximum absolute atomic E-state index is 13.1. The third kappa shape index (κ3) is 3.79. The molecular weight excluding hydrogens is 255 g/mol. The highest BCUT2D eigenvalue weighted by molar-refractivity contribution is 5.94. The first-order valence-electron chi connectivity index (χ1n) is 7.26. The van der Waals surface area contributed by atoms with Gasteiger partial charge in [0.1, 0.15) is 5.82 Å². The predicted octanol–water partition coefficient (Wildman–Crippen LogP) is 3.13. The number of benzene rings is 1.